The predicted molar refractivity (Wildman–Crippen MR) is 68.3 cm³/mol. The maximum atomic E-state index is 12.4. The van der Waals surface area contributed by atoms with Crippen LogP contribution >= 0.6 is 0 Å². The van der Waals surface area contributed by atoms with Gasteiger partial charge in [0.15, 0.2) is 11.6 Å². The first kappa shape index (κ1) is 12.7. The van der Waals surface area contributed by atoms with Crippen LogP contribution in [0.15, 0.2) is 35.4 Å². The van der Waals surface area contributed by atoms with Crippen LogP contribution in [-0.4, -0.2) is 30.4 Å². The molecule has 1 aromatic carbocycles. The molecule has 0 fully saturated rings. The second kappa shape index (κ2) is 4.68. The molecular weight excluding hydrogens is 260 g/mol. The van der Waals surface area contributed by atoms with Crippen molar-refractivity contribution in [3.8, 4) is 0 Å². The lowest BCUT2D eigenvalue weighted by atomic mass is 9.82. The van der Waals surface area contributed by atoms with Crippen LogP contribution in [-0.2, 0) is 14.3 Å². The third kappa shape index (κ3) is 1.96. The van der Waals surface area contributed by atoms with Crippen LogP contribution in [0, 0.1) is 0 Å². The van der Waals surface area contributed by atoms with E-state index in [1.165, 1.54) is 6.92 Å². The number of rotatable bonds is 1. The molecule has 0 spiro atoms. The second-order valence-corrected chi connectivity index (χ2v) is 4.72. The maximum absolute atomic E-state index is 12.4. The van der Waals surface area contributed by atoms with Crippen LogP contribution in [0.4, 0.5) is 0 Å². The fraction of sp³-hybridized carbons (Fsp3) is 0.267. The van der Waals surface area contributed by atoms with Crippen molar-refractivity contribution >= 4 is 17.5 Å². The fourth-order valence-electron chi connectivity index (χ4n) is 2.51. The highest BCUT2D eigenvalue weighted by Crippen LogP contribution is 2.32. The van der Waals surface area contributed by atoms with E-state index in [2.05, 4.69) is 0 Å². The van der Waals surface area contributed by atoms with Gasteiger partial charge in [-0.25, -0.2) is 0 Å². The molecule has 1 heterocycles. The molecule has 20 heavy (non-hydrogen) atoms. The van der Waals surface area contributed by atoms with Crippen LogP contribution < -0.4 is 0 Å². The van der Waals surface area contributed by atoms with Crippen molar-refractivity contribution in [2.45, 2.75) is 19.6 Å². The molecule has 0 N–H and O–H groups in total. The van der Waals surface area contributed by atoms with Gasteiger partial charge in [-0.05, 0) is 0 Å². The highest BCUT2D eigenvalue weighted by atomic mass is 16.7. The van der Waals surface area contributed by atoms with Gasteiger partial charge in [0.1, 0.15) is 0 Å². The normalized spacial score (nSPS) is 21.4. The van der Waals surface area contributed by atoms with Crippen molar-refractivity contribution in [2.75, 3.05) is 6.61 Å². The molecule has 0 aromatic heterocycles. The summed E-state index contributed by atoms with van der Waals surface area (Å²) < 4.78 is 10.3. The zero-order valence-electron chi connectivity index (χ0n) is 10.8. The van der Waals surface area contributed by atoms with Gasteiger partial charge in [0, 0.05) is 35.6 Å². The summed E-state index contributed by atoms with van der Waals surface area (Å²) >= 11 is 0. The molecule has 1 atom stereocenters. The molecule has 5 heteroatoms. The summed E-state index contributed by atoms with van der Waals surface area (Å²) in [5.41, 5.74) is 1.58. The molecule has 0 amide bonds. The summed E-state index contributed by atoms with van der Waals surface area (Å²) in [4.78, 5) is 35.7. The van der Waals surface area contributed by atoms with Gasteiger partial charge in [-0.2, -0.15) is 0 Å². The van der Waals surface area contributed by atoms with Gasteiger partial charge in [-0.3, -0.25) is 14.4 Å². The molecule has 0 saturated heterocycles. The maximum Gasteiger partial charge on any atom is 0.304 e. The minimum Gasteiger partial charge on any atom is -0.436 e. The van der Waals surface area contributed by atoms with Crippen LogP contribution in [0.1, 0.15) is 34.1 Å². The lowest BCUT2D eigenvalue weighted by Crippen LogP contribution is -2.34. The average Bonchev–Trinajstić information content (AvgIpc) is 2.44. The molecule has 0 radical (unpaired) electrons. The molecule has 1 aliphatic carbocycles. The Bertz CT molecular complexity index is 656. The van der Waals surface area contributed by atoms with Gasteiger partial charge >= 0.3 is 5.97 Å². The minimum atomic E-state index is -0.798. The summed E-state index contributed by atoms with van der Waals surface area (Å²) in [5, 5.41) is 0. The number of ether oxygens (including phenoxy) is 2. The van der Waals surface area contributed by atoms with Crippen LogP contribution in [0.3, 0.4) is 0 Å². The Labute approximate surface area is 115 Å². The minimum absolute atomic E-state index is 0.00775. The molecule has 1 aromatic rings. The van der Waals surface area contributed by atoms with Crippen LogP contribution in [0.5, 0.6) is 0 Å². The molecule has 102 valence electrons. The summed E-state index contributed by atoms with van der Waals surface area (Å²) in [7, 11) is 0. The Hall–Kier alpha value is -2.27. The Kier molecular flexibility index (Phi) is 2.99. The quantitative estimate of drug-likeness (QED) is 0.727. The third-order valence-electron chi connectivity index (χ3n) is 3.41. The standard InChI is InChI=1S/C15H12O5/c1-8(16)20-13-6-11-12(7-19-13)15(18)10-5-3-2-4-9(10)14(11)17/h2-5,13H,6-7H2,1H3. The van der Waals surface area contributed by atoms with E-state index in [4.69, 9.17) is 9.47 Å². The van der Waals surface area contributed by atoms with Crippen LogP contribution in [0.25, 0.3) is 0 Å². The Morgan fingerprint density at radius 2 is 1.75 bits per heavy atom. The van der Waals surface area contributed by atoms with Crippen LogP contribution in [0.2, 0.25) is 0 Å². The number of carbonyl (C=O) groups excluding carboxylic acids is 3. The lowest BCUT2D eigenvalue weighted by molar-refractivity contribution is -0.175. The summed E-state index contributed by atoms with van der Waals surface area (Å²) in [6.45, 7) is 1.27. The van der Waals surface area contributed by atoms with Crippen molar-refractivity contribution in [1.29, 1.82) is 0 Å². The predicted octanol–water partition coefficient (Wildman–Crippen LogP) is 1.67. The number of carbonyl (C=O) groups is 3. The number of fused-ring (bicyclic) bond motifs is 1. The zero-order valence-corrected chi connectivity index (χ0v) is 10.8. The smallest absolute Gasteiger partial charge is 0.304 e. The van der Waals surface area contributed by atoms with Gasteiger partial charge in [-0.15, -0.1) is 0 Å². The third-order valence-corrected chi connectivity index (χ3v) is 3.41. The molecule has 1 unspecified atom stereocenters. The summed E-state index contributed by atoms with van der Waals surface area (Å²) in [6, 6.07) is 6.71. The van der Waals surface area contributed by atoms with Gasteiger partial charge in [0.05, 0.1) is 6.61 Å². The van der Waals surface area contributed by atoms with Gasteiger partial charge in [-0.1, -0.05) is 24.3 Å². The monoisotopic (exact) mass is 272 g/mol. The SMILES string of the molecule is CC(=O)OC1CC2=C(CO1)C(=O)c1ccccc1C2=O. The molecule has 1 aliphatic heterocycles. The Balaban J connectivity index is 1.98. The van der Waals surface area contributed by atoms with Gasteiger partial charge in [0.2, 0.25) is 6.29 Å². The van der Waals surface area contributed by atoms with Gasteiger partial charge in [0.25, 0.3) is 0 Å². The molecule has 2 aliphatic rings. The molecule has 3 rings (SSSR count). The van der Waals surface area contributed by atoms with E-state index < -0.39 is 12.3 Å². The number of esters is 1. The first-order valence-corrected chi connectivity index (χ1v) is 6.27. The van der Waals surface area contributed by atoms with Crippen molar-refractivity contribution in [2.24, 2.45) is 0 Å². The summed E-state index contributed by atoms with van der Waals surface area (Å²) in [5.74, 6) is -0.846. The lowest BCUT2D eigenvalue weighted by Gasteiger charge is -2.29. The fourth-order valence-corrected chi connectivity index (χ4v) is 2.51. The van der Waals surface area contributed by atoms with E-state index in [9.17, 15) is 14.4 Å². The number of ketones is 2. The van der Waals surface area contributed by atoms with E-state index in [0.29, 0.717) is 22.3 Å². The molecular formula is C15H12O5. The second-order valence-electron chi connectivity index (χ2n) is 4.72. The summed E-state index contributed by atoms with van der Waals surface area (Å²) in [6.07, 6.45) is -0.679. The average molecular weight is 272 g/mol. The highest BCUT2D eigenvalue weighted by molar-refractivity contribution is 6.27. The number of hydrogen-bond acceptors (Lipinski definition) is 5. The molecule has 0 bridgehead atoms. The number of hydrogen-bond donors (Lipinski definition) is 0. The van der Waals surface area contributed by atoms with E-state index in [-0.39, 0.29) is 24.6 Å². The number of benzene rings is 1. The zero-order chi connectivity index (χ0) is 14.3. The first-order chi connectivity index (χ1) is 9.58. The van der Waals surface area contributed by atoms with E-state index in [0.717, 1.165) is 0 Å². The van der Waals surface area contributed by atoms with Crippen molar-refractivity contribution in [1.82, 2.24) is 0 Å². The largest absolute Gasteiger partial charge is 0.436 e. The first-order valence-electron chi connectivity index (χ1n) is 6.27. The number of Topliss-reactive ketones (excluding diaryl/α,β-unsaturated/α-hetero) is 2. The molecule has 0 saturated carbocycles. The van der Waals surface area contributed by atoms with E-state index >= 15 is 0 Å². The highest BCUT2D eigenvalue weighted by Gasteiger charge is 2.37. The van der Waals surface area contributed by atoms with E-state index in [1.807, 2.05) is 0 Å². The molecule has 5 nitrogen and oxygen atoms in total. The Morgan fingerprint density at radius 1 is 1.15 bits per heavy atom. The van der Waals surface area contributed by atoms with Crippen molar-refractivity contribution in [3.05, 3.63) is 46.5 Å². The van der Waals surface area contributed by atoms with E-state index in [1.54, 1.807) is 24.3 Å². The van der Waals surface area contributed by atoms with Gasteiger partial charge < -0.3 is 9.47 Å². The topological polar surface area (TPSA) is 69.7 Å². The van der Waals surface area contributed by atoms with Crippen molar-refractivity contribution in [3.63, 3.8) is 0 Å². The van der Waals surface area contributed by atoms with Crippen molar-refractivity contribution < 1.29 is 23.9 Å². The Morgan fingerprint density at radius 3 is 2.35 bits per heavy atom.